The maximum Gasteiger partial charge on any atom is 0.226 e. The Morgan fingerprint density at radius 1 is 1.15 bits per heavy atom. The minimum Gasteiger partial charge on any atom is -0.352 e. The predicted octanol–water partition coefficient (Wildman–Crippen LogP) is 1.62. The van der Waals surface area contributed by atoms with Crippen molar-refractivity contribution in [2.75, 3.05) is 25.0 Å². The van der Waals surface area contributed by atoms with Crippen LogP contribution in [0.1, 0.15) is 24.0 Å². The van der Waals surface area contributed by atoms with E-state index in [1.165, 1.54) is 5.56 Å². The van der Waals surface area contributed by atoms with Crippen molar-refractivity contribution >= 4 is 11.9 Å². The molecule has 0 saturated carbocycles. The molecule has 0 bridgehead atoms. The van der Waals surface area contributed by atoms with Gasteiger partial charge in [-0.05, 0) is 5.56 Å². The Bertz CT molecular complexity index is 828. The van der Waals surface area contributed by atoms with Crippen LogP contribution in [0.3, 0.4) is 0 Å². The first kappa shape index (κ1) is 16.6. The molecule has 1 aromatic heterocycles. The van der Waals surface area contributed by atoms with Crippen LogP contribution in [0.15, 0.2) is 42.7 Å². The molecule has 0 radical (unpaired) electrons. The van der Waals surface area contributed by atoms with Crippen LogP contribution in [0.2, 0.25) is 0 Å². The number of ether oxygens (including phenoxy) is 1. The third kappa shape index (κ3) is 2.87. The molecule has 0 aliphatic carbocycles. The Morgan fingerprint density at radius 3 is 2.78 bits per heavy atom. The van der Waals surface area contributed by atoms with Crippen LogP contribution in [0.25, 0.3) is 0 Å². The molecule has 140 valence electrons. The van der Waals surface area contributed by atoms with Gasteiger partial charge in [-0.2, -0.15) is 0 Å². The number of carbonyl (C=O) groups excluding carboxylic acids is 1. The van der Waals surface area contributed by atoms with Crippen LogP contribution in [0.5, 0.6) is 0 Å². The number of likely N-dealkylation sites (tertiary alicyclic amines) is 1. The Labute approximate surface area is 158 Å². The van der Waals surface area contributed by atoms with Gasteiger partial charge in [0.15, 0.2) is 5.72 Å². The number of hydrogen-bond acceptors (Lipinski definition) is 6. The van der Waals surface area contributed by atoms with E-state index in [2.05, 4.69) is 32.3 Å². The summed E-state index contributed by atoms with van der Waals surface area (Å²) in [4.78, 5) is 25.5. The van der Waals surface area contributed by atoms with Crippen molar-refractivity contribution in [3.05, 3.63) is 53.9 Å². The molecule has 2 aromatic rings. The maximum atomic E-state index is 12.3. The average molecular weight is 365 g/mol. The lowest BCUT2D eigenvalue weighted by molar-refractivity contribution is -0.136. The molecular weight excluding hydrogens is 342 g/mol. The molecule has 0 unspecified atom stereocenters. The van der Waals surface area contributed by atoms with Gasteiger partial charge in [0.25, 0.3) is 0 Å². The van der Waals surface area contributed by atoms with Crippen LogP contribution in [-0.4, -0.2) is 57.1 Å². The van der Waals surface area contributed by atoms with Gasteiger partial charge in [-0.25, -0.2) is 9.97 Å². The SMILES string of the molecule is O=C1C[C@H]2N(Cc3cnc(NCc4ccccc4)nc3)CC[C@]23OCCN13. The van der Waals surface area contributed by atoms with Crippen molar-refractivity contribution in [3.8, 4) is 0 Å². The van der Waals surface area contributed by atoms with Gasteiger partial charge in [-0.1, -0.05) is 30.3 Å². The highest BCUT2D eigenvalue weighted by Gasteiger charge is 2.61. The molecule has 3 aliphatic heterocycles. The molecule has 27 heavy (non-hydrogen) atoms. The van der Waals surface area contributed by atoms with Gasteiger partial charge in [0, 0.05) is 57.0 Å². The second kappa shape index (κ2) is 6.58. The molecule has 7 heteroatoms. The van der Waals surface area contributed by atoms with Gasteiger partial charge in [0.1, 0.15) is 0 Å². The number of carbonyl (C=O) groups is 1. The molecule has 1 amide bonds. The fraction of sp³-hybridized carbons (Fsp3) is 0.450. The van der Waals surface area contributed by atoms with Crippen molar-refractivity contribution < 1.29 is 9.53 Å². The van der Waals surface area contributed by atoms with Gasteiger partial charge < -0.3 is 15.0 Å². The van der Waals surface area contributed by atoms with Gasteiger partial charge in [0.2, 0.25) is 11.9 Å². The molecule has 1 spiro atoms. The molecule has 1 N–H and O–H groups in total. The van der Waals surface area contributed by atoms with E-state index in [0.717, 1.165) is 31.6 Å². The van der Waals surface area contributed by atoms with Gasteiger partial charge in [-0.3, -0.25) is 9.69 Å². The first-order chi connectivity index (χ1) is 13.2. The topological polar surface area (TPSA) is 70.6 Å². The minimum absolute atomic E-state index is 0.142. The summed E-state index contributed by atoms with van der Waals surface area (Å²) in [6.45, 7) is 3.76. The molecule has 4 heterocycles. The van der Waals surface area contributed by atoms with E-state index in [-0.39, 0.29) is 17.7 Å². The van der Waals surface area contributed by atoms with Crippen LogP contribution in [0, 0.1) is 0 Å². The Hall–Kier alpha value is -2.51. The number of rotatable bonds is 5. The zero-order chi connectivity index (χ0) is 18.3. The van der Waals surface area contributed by atoms with Crippen LogP contribution in [-0.2, 0) is 22.6 Å². The Morgan fingerprint density at radius 2 is 1.96 bits per heavy atom. The molecule has 7 nitrogen and oxygen atoms in total. The van der Waals surface area contributed by atoms with E-state index in [9.17, 15) is 4.79 Å². The molecule has 3 aliphatic rings. The zero-order valence-electron chi connectivity index (χ0n) is 15.2. The third-order valence-corrected chi connectivity index (χ3v) is 5.90. The summed E-state index contributed by atoms with van der Waals surface area (Å²) in [5.41, 5.74) is 1.87. The summed E-state index contributed by atoms with van der Waals surface area (Å²) >= 11 is 0. The molecule has 5 rings (SSSR count). The zero-order valence-corrected chi connectivity index (χ0v) is 15.2. The minimum atomic E-state index is -0.380. The van der Waals surface area contributed by atoms with E-state index < -0.39 is 0 Å². The van der Waals surface area contributed by atoms with Crippen molar-refractivity contribution in [3.63, 3.8) is 0 Å². The largest absolute Gasteiger partial charge is 0.352 e. The molecule has 2 atom stereocenters. The van der Waals surface area contributed by atoms with E-state index >= 15 is 0 Å². The summed E-state index contributed by atoms with van der Waals surface area (Å²) in [5, 5.41) is 3.25. The van der Waals surface area contributed by atoms with Gasteiger partial charge in [0.05, 0.1) is 12.6 Å². The number of hydrogen-bond donors (Lipinski definition) is 1. The summed E-state index contributed by atoms with van der Waals surface area (Å²) < 4.78 is 6.04. The van der Waals surface area contributed by atoms with Gasteiger partial charge in [-0.15, -0.1) is 0 Å². The average Bonchev–Trinajstić information content (AvgIpc) is 3.34. The van der Waals surface area contributed by atoms with Crippen molar-refractivity contribution in [1.82, 2.24) is 19.8 Å². The smallest absolute Gasteiger partial charge is 0.226 e. The predicted molar refractivity (Wildman–Crippen MR) is 99.6 cm³/mol. The van der Waals surface area contributed by atoms with Crippen LogP contribution >= 0.6 is 0 Å². The van der Waals surface area contributed by atoms with E-state index in [1.54, 1.807) is 0 Å². The fourth-order valence-electron chi connectivity index (χ4n) is 4.60. The maximum absolute atomic E-state index is 12.3. The van der Waals surface area contributed by atoms with Crippen molar-refractivity contribution in [1.29, 1.82) is 0 Å². The Balaban J connectivity index is 1.22. The lowest BCUT2D eigenvalue weighted by Gasteiger charge is -2.31. The number of aromatic nitrogens is 2. The van der Waals surface area contributed by atoms with Crippen molar-refractivity contribution in [2.24, 2.45) is 0 Å². The third-order valence-electron chi connectivity index (χ3n) is 5.90. The second-order valence-corrected chi connectivity index (χ2v) is 7.43. The highest BCUT2D eigenvalue weighted by atomic mass is 16.5. The number of benzene rings is 1. The molecule has 1 aromatic carbocycles. The van der Waals surface area contributed by atoms with Crippen LogP contribution < -0.4 is 5.32 Å². The first-order valence-corrected chi connectivity index (χ1v) is 9.52. The standard InChI is InChI=1S/C20H23N5O2/c26-18-10-17-20(25(18)8-9-27-20)6-7-24(17)14-16-12-22-19(23-13-16)21-11-15-4-2-1-3-5-15/h1-5,12-13,17H,6-11,14H2,(H,21,22,23)/t17-,20+/m1/s1. The summed E-state index contributed by atoms with van der Waals surface area (Å²) in [6.07, 6.45) is 5.18. The highest BCUT2D eigenvalue weighted by Crippen LogP contribution is 2.45. The first-order valence-electron chi connectivity index (χ1n) is 9.52. The summed E-state index contributed by atoms with van der Waals surface area (Å²) in [7, 11) is 0. The number of nitrogens with zero attached hydrogens (tertiary/aromatic N) is 4. The highest BCUT2D eigenvalue weighted by molar-refractivity contribution is 5.81. The van der Waals surface area contributed by atoms with E-state index in [4.69, 9.17) is 4.74 Å². The summed E-state index contributed by atoms with van der Waals surface area (Å²) in [6, 6.07) is 10.3. The lowest BCUT2D eigenvalue weighted by Crippen LogP contribution is -2.47. The number of anilines is 1. The number of amides is 1. The summed E-state index contributed by atoms with van der Waals surface area (Å²) in [5.74, 6) is 0.848. The van der Waals surface area contributed by atoms with E-state index in [0.29, 0.717) is 25.5 Å². The monoisotopic (exact) mass is 365 g/mol. The molecule has 3 saturated heterocycles. The normalized spacial score (nSPS) is 27.0. The molecular formula is C20H23N5O2. The second-order valence-electron chi connectivity index (χ2n) is 7.43. The quantitative estimate of drug-likeness (QED) is 0.868. The van der Waals surface area contributed by atoms with Crippen molar-refractivity contribution in [2.45, 2.75) is 37.7 Å². The van der Waals surface area contributed by atoms with Gasteiger partial charge >= 0.3 is 0 Å². The number of nitrogens with one attached hydrogen (secondary N) is 1. The molecule has 3 fully saturated rings. The van der Waals surface area contributed by atoms with Crippen LogP contribution in [0.4, 0.5) is 5.95 Å². The lowest BCUT2D eigenvalue weighted by atomic mass is 10.1. The van der Waals surface area contributed by atoms with E-state index in [1.807, 2.05) is 35.5 Å². The Kier molecular flexibility index (Phi) is 4.06. The fourth-order valence-corrected chi connectivity index (χ4v) is 4.60.